The normalized spacial score (nSPS) is 39.2. The molecule has 5 heteroatoms. The number of rotatable bonds is 6. The number of carbonyl (C=O) groups excluding carboxylic acids is 2. The van der Waals surface area contributed by atoms with Crippen LogP contribution in [0.2, 0.25) is 0 Å². The van der Waals surface area contributed by atoms with Crippen molar-refractivity contribution in [3.63, 3.8) is 0 Å². The second-order valence-corrected chi connectivity index (χ2v) is 13.3. The predicted octanol–water partition coefficient (Wildman–Crippen LogP) is 7.47. The van der Waals surface area contributed by atoms with E-state index in [0.29, 0.717) is 24.7 Å². The van der Waals surface area contributed by atoms with Crippen molar-refractivity contribution in [1.82, 2.24) is 4.90 Å². The first-order valence-corrected chi connectivity index (χ1v) is 15.3. The van der Waals surface area contributed by atoms with Crippen molar-refractivity contribution < 1.29 is 19.5 Å². The molecule has 6 unspecified atom stereocenters. The SMILES string of the molecule is CC.CC(C)CCCC(C)C1CCC2C3C(CC[C@]12C)[C@@]1(C)CCC(=O)N(C)C1C[C@@H]3C(=O)O.CC=O. The molecule has 0 aromatic rings. The zero-order chi connectivity index (χ0) is 28.1. The van der Waals surface area contributed by atoms with Gasteiger partial charge in [-0.05, 0) is 91.8 Å². The Morgan fingerprint density at radius 2 is 1.65 bits per heavy atom. The molecule has 214 valence electrons. The molecule has 1 amide bonds. The Bertz CT molecular complexity index is 781. The zero-order valence-corrected chi connectivity index (χ0v) is 25.4. The Morgan fingerprint density at radius 3 is 2.22 bits per heavy atom. The Kier molecular flexibility index (Phi) is 11.3. The van der Waals surface area contributed by atoms with E-state index in [4.69, 9.17) is 4.79 Å². The van der Waals surface area contributed by atoms with Crippen molar-refractivity contribution in [1.29, 1.82) is 0 Å². The lowest BCUT2D eigenvalue weighted by atomic mass is 9.44. The summed E-state index contributed by atoms with van der Waals surface area (Å²) in [7, 11) is 1.92. The summed E-state index contributed by atoms with van der Waals surface area (Å²) >= 11 is 0. The molecule has 0 bridgehead atoms. The van der Waals surface area contributed by atoms with Crippen molar-refractivity contribution in [3.8, 4) is 0 Å². The molecule has 5 nitrogen and oxygen atoms in total. The summed E-state index contributed by atoms with van der Waals surface area (Å²) in [4.78, 5) is 35.8. The second-order valence-electron chi connectivity index (χ2n) is 13.3. The van der Waals surface area contributed by atoms with Crippen LogP contribution in [0.1, 0.15) is 120 Å². The highest BCUT2D eigenvalue weighted by atomic mass is 16.4. The van der Waals surface area contributed by atoms with E-state index >= 15 is 0 Å². The summed E-state index contributed by atoms with van der Waals surface area (Å²) in [6.07, 6.45) is 11.8. The highest BCUT2D eigenvalue weighted by Gasteiger charge is 2.64. The summed E-state index contributed by atoms with van der Waals surface area (Å²) in [5.41, 5.74) is 0.354. The zero-order valence-electron chi connectivity index (χ0n) is 25.4. The summed E-state index contributed by atoms with van der Waals surface area (Å²) < 4.78 is 0. The van der Waals surface area contributed by atoms with Gasteiger partial charge in [-0.1, -0.05) is 67.7 Å². The minimum atomic E-state index is -0.619. The van der Waals surface area contributed by atoms with Crippen LogP contribution in [0.15, 0.2) is 0 Å². The van der Waals surface area contributed by atoms with Gasteiger partial charge in [0.05, 0.1) is 5.92 Å². The maximum absolute atomic E-state index is 12.6. The minimum Gasteiger partial charge on any atom is -0.481 e. The van der Waals surface area contributed by atoms with Crippen molar-refractivity contribution >= 4 is 18.2 Å². The van der Waals surface area contributed by atoms with Gasteiger partial charge in [-0.2, -0.15) is 0 Å². The lowest BCUT2D eigenvalue weighted by molar-refractivity contribution is -0.181. The molecule has 3 saturated carbocycles. The fourth-order valence-corrected chi connectivity index (χ4v) is 9.41. The third-order valence-corrected chi connectivity index (χ3v) is 11.1. The van der Waals surface area contributed by atoms with Gasteiger partial charge in [-0.15, -0.1) is 0 Å². The molecule has 3 aliphatic carbocycles. The highest BCUT2D eigenvalue weighted by molar-refractivity contribution is 5.78. The number of amides is 1. The Morgan fingerprint density at radius 1 is 1.05 bits per heavy atom. The minimum absolute atomic E-state index is 0.0710. The Balaban J connectivity index is 0.000000898. The first-order valence-electron chi connectivity index (χ1n) is 15.3. The summed E-state index contributed by atoms with van der Waals surface area (Å²) in [5, 5.41) is 10.3. The number of piperidine rings is 1. The first-order chi connectivity index (χ1) is 17.4. The van der Waals surface area contributed by atoms with Gasteiger partial charge in [-0.25, -0.2) is 0 Å². The topological polar surface area (TPSA) is 74.7 Å². The van der Waals surface area contributed by atoms with Crippen molar-refractivity contribution in [2.24, 2.45) is 52.3 Å². The maximum atomic E-state index is 12.6. The number of nitrogens with zero attached hydrogens (tertiary/aromatic N) is 1. The average molecular weight is 520 g/mol. The van der Waals surface area contributed by atoms with Crippen molar-refractivity contribution in [3.05, 3.63) is 0 Å². The standard InChI is InChI=1S/C28H47NO3.C2H4O.C2H6/c1-17(2)8-7-9-18(3)20-10-11-21-25-19(26(31)32)16-23-28(5,15-13-24(30)29(23)6)22(25)12-14-27(20,21)4;1-2-3;1-2/h17-23,25H,7-16H2,1-6H3,(H,31,32);2H,1H3;1-2H3/t18?,19-,20?,21?,22?,23?,25?,27+,28+;;/m0../s1. The lowest BCUT2D eigenvalue weighted by Gasteiger charge is -2.63. The van der Waals surface area contributed by atoms with E-state index in [-0.39, 0.29) is 34.6 Å². The van der Waals surface area contributed by atoms with E-state index in [1.807, 2.05) is 25.8 Å². The monoisotopic (exact) mass is 519 g/mol. The van der Waals surface area contributed by atoms with E-state index in [1.54, 1.807) is 0 Å². The van der Waals surface area contributed by atoms with E-state index < -0.39 is 5.97 Å². The van der Waals surface area contributed by atoms with Gasteiger partial charge in [0, 0.05) is 19.5 Å². The molecule has 0 radical (unpaired) electrons. The smallest absolute Gasteiger partial charge is 0.306 e. The molecule has 0 aromatic carbocycles. The molecule has 1 N–H and O–H groups in total. The predicted molar refractivity (Wildman–Crippen MR) is 151 cm³/mol. The largest absolute Gasteiger partial charge is 0.481 e. The maximum Gasteiger partial charge on any atom is 0.306 e. The van der Waals surface area contributed by atoms with Crippen LogP contribution in [0.5, 0.6) is 0 Å². The van der Waals surface area contributed by atoms with Crippen LogP contribution in [0, 0.1) is 52.3 Å². The van der Waals surface area contributed by atoms with E-state index in [2.05, 4.69) is 34.6 Å². The van der Waals surface area contributed by atoms with Crippen LogP contribution in [0.3, 0.4) is 0 Å². The summed E-state index contributed by atoms with van der Waals surface area (Å²) in [6.45, 7) is 17.5. The van der Waals surface area contributed by atoms with Gasteiger partial charge in [-0.3, -0.25) is 9.59 Å². The molecule has 1 heterocycles. The molecule has 4 aliphatic rings. The van der Waals surface area contributed by atoms with Crippen molar-refractivity contribution in [2.45, 2.75) is 126 Å². The van der Waals surface area contributed by atoms with Crippen LogP contribution in [0.4, 0.5) is 0 Å². The highest BCUT2D eigenvalue weighted by Crippen LogP contribution is 2.68. The van der Waals surface area contributed by atoms with Gasteiger partial charge in [0.1, 0.15) is 6.29 Å². The van der Waals surface area contributed by atoms with Gasteiger partial charge in [0.25, 0.3) is 0 Å². The third kappa shape index (κ3) is 6.11. The van der Waals surface area contributed by atoms with Crippen LogP contribution in [0.25, 0.3) is 0 Å². The number of carboxylic acid groups (broad SMARTS) is 1. The average Bonchev–Trinajstić information content (AvgIpc) is 3.20. The van der Waals surface area contributed by atoms with Crippen LogP contribution in [-0.2, 0) is 14.4 Å². The molecule has 4 rings (SSSR count). The fourth-order valence-electron chi connectivity index (χ4n) is 9.41. The molecule has 0 aromatic heterocycles. The molecular weight excluding hydrogens is 462 g/mol. The van der Waals surface area contributed by atoms with Crippen LogP contribution in [-0.4, -0.2) is 41.3 Å². The number of fused-ring (bicyclic) bond motifs is 5. The van der Waals surface area contributed by atoms with Gasteiger partial charge < -0.3 is 14.8 Å². The number of aldehydes is 1. The van der Waals surface area contributed by atoms with Crippen LogP contribution < -0.4 is 0 Å². The number of carboxylic acids is 1. The first kappa shape index (κ1) is 31.8. The van der Waals surface area contributed by atoms with E-state index in [0.717, 1.165) is 36.9 Å². The molecule has 37 heavy (non-hydrogen) atoms. The molecule has 0 spiro atoms. The van der Waals surface area contributed by atoms with Gasteiger partial charge in [0.2, 0.25) is 5.91 Å². The Labute approximate surface area is 227 Å². The molecular formula is C32H57NO4. The molecule has 9 atom stereocenters. The third-order valence-electron chi connectivity index (χ3n) is 11.1. The van der Waals surface area contributed by atoms with E-state index in [9.17, 15) is 14.7 Å². The molecule has 4 fully saturated rings. The summed E-state index contributed by atoms with van der Waals surface area (Å²) in [6, 6.07) is 0.0858. The number of carbonyl (C=O) groups is 3. The fraction of sp³-hybridized carbons (Fsp3) is 0.906. The molecule has 1 aliphatic heterocycles. The van der Waals surface area contributed by atoms with Gasteiger partial charge >= 0.3 is 5.97 Å². The quantitative estimate of drug-likeness (QED) is 0.369. The number of likely N-dealkylation sites (tertiary alicyclic amines) is 1. The van der Waals surface area contributed by atoms with Crippen LogP contribution >= 0.6 is 0 Å². The van der Waals surface area contributed by atoms with E-state index in [1.165, 1.54) is 45.4 Å². The lowest BCUT2D eigenvalue weighted by Crippen LogP contribution is -2.64. The second kappa shape index (κ2) is 13.1. The Hall–Kier alpha value is -1.39. The van der Waals surface area contributed by atoms with Crippen molar-refractivity contribution in [2.75, 3.05) is 7.05 Å². The summed E-state index contributed by atoms with van der Waals surface area (Å²) in [5.74, 6) is 2.76. The number of hydrogen-bond acceptors (Lipinski definition) is 3. The van der Waals surface area contributed by atoms with Gasteiger partial charge in [0.15, 0.2) is 0 Å². The number of aliphatic carboxylic acids is 1. The molecule has 1 saturated heterocycles. The number of hydrogen-bond donors (Lipinski definition) is 1.